The Morgan fingerprint density at radius 1 is 0.472 bits per heavy atom. The standard InChI is InChI=1S/C22H40N2O12/c1-29-5-7-31-9-11-33-13-15-35-21(27)17-19(25)23-3-4-24-20(26)18-22(28)36-16-14-34-12-10-32-8-6-30-2/h3-18H2,1-2H3,(H,23,25)(H,24,26). The van der Waals surface area contributed by atoms with Gasteiger partial charge in [0.2, 0.25) is 11.8 Å². The number of esters is 2. The van der Waals surface area contributed by atoms with Crippen molar-refractivity contribution in [3.63, 3.8) is 0 Å². The zero-order valence-corrected chi connectivity index (χ0v) is 21.2. The van der Waals surface area contributed by atoms with Crippen LogP contribution >= 0.6 is 0 Å². The molecule has 36 heavy (non-hydrogen) atoms. The normalized spacial score (nSPS) is 10.6. The second-order valence-corrected chi connectivity index (χ2v) is 6.93. The molecule has 0 aromatic rings. The van der Waals surface area contributed by atoms with Gasteiger partial charge in [0.15, 0.2) is 0 Å². The Labute approximate surface area is 211 Å². The molecule has 210 valence electrons. The van der Waals surface area contributed by atoms with Crippen LogP contribution in [0.2, 0.25) is 0 Å². The first-order chi connectivity index (χ1) is 17.5. The summed E-state index contributed by atoms with van der Waals surface area (Å²) in [6.07, 6.45) is -0.913. The zero-order valence-electron chi connectivity index (χ0n) is 21.2. The average molecular weight is 525 g/mol. The third kappa shape index (κ3) is 24.8. The van der Waals surface area contributed by atoms with E-state index in [1.54, 1.807) is 14.2 Å². The minimum absolute atomic E-state index is 0.0196. The summed E-state index contributed by atoms with van der Waals surface area (Å²) in [6, 6.07) is 0. The quantitative estimate of drug-likeness (QED) is 0.0803. The van der Waals surface area contributed by atoms with Crippen molar-refractivity contribution in [2.75, 3.05) is 107 Å². The molecule has 0 aliphatic heterocycles. The average Bonchev–Trinajstić information content (AvgIpc) is 2.84. The highest BCUT2D eigenvalue weighted by Crippen LogP contribution is 1.90. The van der Waals surface area contributed by atoms with E-state index in [1.165, 1.54) is 0 Å². The van der Waals surface area contributed by atoms with E-state index in [0.717, 1.165) is 0 Å². The van der Waals surface area contributed by atoms with Gasteiger partial charge in [-0.2, -0.15) is 0 Å². The van der Waals surface area contributed by atoms with Crippen LogP contribution in [0.3, 0.4) is 0 Å². The van der Waals surface area contributed by atoms with Crippen molar-refractivity contribution in [2.24, 2.45) is 0 Å². The molecule has 0 rings (SSSR count). The lowest BCUT2D eigenvalue weighted by molar-refractivity contribution is -0.149. The van der Waals surface area contributed by atoms with Gasteiger partial charge in [-0.15, -0.1) is 0 Å². The monoisotopic (exact) mass is 524 g/mol. The van der Waals surface area contributed by atoms with Crippen LogP contribution in [0.4, 0.5) is 0 Å². The highest BCUT2D eigenvalue weighted by molar-refractivity contribution is 5.95. The van der Waals surface area contributed by atoms with Gasteiger partial charge in [-0.1, -0.05) is 0 Å². The topological polar surface area (TPSA) is 166 Å². The predicted molar refractivity (Wildman–Crippen MR) is 124 cm³/mol. The number of carbonyl (C=O) groups is 4. The number of rotatable bonds is 25. The van der Waals surface area contributed by atoms with Gasteiger partial charge in [0, 0.05) is 27.3 Å². The largest absolute Gasteiger partial charge is 0.463 e. The number of amides is 2. The SMILES string of the molecule is COCCOCCOCCOC(=O)CC(=O)NCCNC(=O)CC(=O)OCCOCCOCCOC. The number of hydrogen-bond donors (Lipinski definition) is 2. The summed E-state index contributed by atoms with van der Waals surface area (Å²) in [5, 5.41) is 4.93. The Hall–Kier alpha value is -2.36. The van der Waals surface area contributed by atoms with Crippen LogP contribution in [0.5, 0.6) is 0 Å². The van der Waals surface area contributed by atoms with Crippen molar-refractivity contribution < 1.29 is 57.1 Å². The van der Waals surface area contributed by atoms with Crippen LogP contribution in [0.25, 0.3) is 0 Å². The molecule has 14 heteroatoms. The van der Waals surface area contributed by atoms with Gasteiger partial charge < -0.3 is 48.5 Å². The van der Waals surface area contributed by atoms with Gasteiger partial charge in [0.25, 0.3) is 0 Å². The van der Waals surface area contributed by atoms with Crippen LogP contribution < -0.4 is 10.6 Å². The minimum atomic E-state index is -0.693. The van der Waals surface area contributed by atoms with Crippen molar-refractivity contribution in [2.45, 2.75) is 12.8 Å². The van der Waals surface area contributed by atoms with Crippen molar-refractivity contribution in [1.29, 1.82) is 0 Å². The molecule has 0 bridgehead atoms. The summed E-state index contributed by atoms with van der Waals surface area (Å²) in [4.78, 5) is 46.6. The molecule has 0 aliphatic rings. The molecule has 0 aliphatic carbocycles. The molecule has 2 N–H and O–H groups in total. The Kier molecular flexibility index (Phi) is 24.0. The molecular weight excluding hydrogens is 484 g/mol. The molecule has 0 spiro atoms. The summed E-state index contributed by atoms with van der Waals surface area (Å²) in [5.74, 6) is -2.49. The lowest BCUT2D eigenvalue weighted by atomic mass is 10.4. The van der Waals surface area contributed by atoms with E-state index in [0.29, 0.717) is 52.9 Å². The number of hydrogen-bond acceptors (Lipinski definition) is 12. The minimum Gasteiger partial charge on any atom is -0.463 e. The Morgan fingerprint density at radius 2 is 0.778 bits per heavy atom. The van der Waals surface area contributed by atoms with E-state index >= 15 is 0 Å². The lowest BCUT2D eigenvalue weighted by Gasteiger charge is -2.09. The summed E-state index contributed by atoms with van der Waals surface area (Å²) in [7, 11) is 3.16. The first-order valence-corrected chi connectivity index (χ1v) is 11.6. The van der Waals surface area contributed by atoms with Crippen molar-refractivity contribution in [3.05, 3.63) is 0 Å². The molecular formula is C22H40N2O12. The summed E-state index contributed by atoms with van der Waals surface area (Å²) in [5.41, 5.74) is 0. The van der Waals surface area contributed by atoms with Crippen molar-refractivity contribution >= 4 is 23.8 Å². The van der Waals surface area contributed by atoms with Crippen LogP contribution in [-0.2, 0) is 57.1 Å². The number of carbonyl (C=O) groups excluding carboxylic acids is 4. The van der Waals surface area contributed by atoms with E-state index in [-0.39, 0.29) is 39.5 Å². The van der Waals surface area contributed by atoms with E-state index in [9.17, 15) is 19.2 Å². The van der Waals surface area contributed by atoms with E-state index in [4.69, 9.17) is 37.9 Å². The van der Waals surface area contributed by atoms with Gasteiger partial charge in [-0.25, -0.2) is 0 Å². The maximum absolute atomic E-state index is 11.7. The molecule has 0 saturated carbocycles. The fourth-order valence-electron chi connectivity index (χ4n) is 2.25. The zero-order chi connectivity index (χ0) is 26.7. The van der Waals surface area contributed by atoms with Crippen LogP contribution in [-0.4, -0.2) is 130 Å². The highest BCUT2D eigenvalue weighted by atomic mass is 16.6. The molecule has 2 amide bonds. The number of nitrogens with one attached hydrogen (secondary N) is 2. The molecule has 0 radical (unpaired) electrons. The van der Waals surface area contributed by atoms with Gasteiger partial charge in [0.05, 0.1) is 66.1 Å². The molecule has 0 heterocycles. The molecule has 0 atom stereocenters. The third-order valence-electron chi connectivity index (χ3n) is 3.97. The van der Waals surface area contributed by atoms with Gasteiger partial charge >= 0.3 is 11.9 Å². The fourth-order valence-corrected chi connectivity index (χ4v) is 2.25. The Bertz CT molecular complexity index is 541. The van der Waals surface area contributed by atoms with Gasteiger partial charge in [-0.05, 0) is 0 Å². The third-order valence-corrected chi connectivity index (χ3v) is 3.97. The number of methoxy groups -OCH3 is 2. The smallest absolute Gasteiger partial charge is 0.315 e. The van der Waals surface area contributed by atoms with Gasteiger partial charge in [-0.3, -0.25) is 19.2 Å². The van der Waals surface area contributed by atoms with Crippen molar-refractivity contribution in [1.82, 2.24) is 10.6 Å². The molecule has 0 saturated heterocycles. The fraction of sp³-hybridized carbons (Fsp3) is 0.818. The second kappa shape index (κ2) is 25.7. The second-order valence-electron chi connectivity index (χ2n) is 6.93. The van der Waals surface area contributed by atoms with Crippen LogP contribution in [0.1, 0.15) is 12.8 Å². The first kappa shape index (κ1) is 33.6. The Morgan fingerprint density at radius 3 is 1.11 bits per heavy atom. The maximum atomic E-state index is 11.7. The van der Waals surface area contributed by atoms with Crippen LogP contribution in [0.15, 0.2) is 0 Å². The summed E-state index contributed by atoms with van der Waals surface area (Å²) in [6.45, 7) is 4.05. The maximum Gasteiger partial charge on any atom is 0.315 e. The van der Waals surface area contributed by atoms with Crippen molar-refractivity contribution in [3.8, 4) is 0 Å². The summed E-state index contributed by atoms with van der Waals surface area (Å²) < 4.78 is 40.3. The van der Waals surface area contributed by atoms with E-state index in [1.807, 2.05) is 0 Å². The molecule has 0 unspecified atom stereocenters. The molecule has 0 aromatic heterocycles. The number of ether oxygens (including phenoxy) is 8. The van der Waals surface area contributed by atoms with Gasteiger partial charge in [0.1, 0.15) is 26.1 Å². The molecule has 0 aromatic carbocycles. The summed E-state index contributed by atoms with van der Waals surface area (Å²) >= 11 is 0. The Balaban J connectivity index is 3.56. The molecule has 0 fully saturated rings. The van der Waals surface area contributed by atoms with Crippen LogP contribution in [0, 0.1) is 0 Å². The van der Waals surface area contributed by atoms with E-state index in [2.05, 4.69) is 10.6 Å². The first-order valence-electron chi connectivity index (χ1n) is 11.6. The highest BCUT2D eigenvalue weighted by Gasteiger charge is 2.12. The lowest BCUT2D eigenvalue weighted by Crippen LogP contribution is -2.36. The van der Waals surface area contributed by atoms with E-state index < -0.39 is 36.6 Å². The predicted octanol–water partition coefficient (Wildman–Crippen LogP) is -1.56. The molecule has 14 nitrogen and oxygen atoms in total.